The molecule has 4 aromatic rings. The highest BCUT2D eigenvalue weighted by Crippen LogP contribution is 2.18. The molecule has 3 heterocycles. The summed E-state index contributed by atoms with van der Waals surface area (Å²) in [5.74, 6) is 2.45. The van der Waals surface area contributed by atoms with Gasteiger partial charge in [-0.05, 0) is 29.8 Å². The van der Waals surface area contributed by atoms with Crippen molar-refractivity contribution in [3.8, 4) is 17.1 Å². The van der Waals surface area contributed by atoms with Gasteiger partial charge in [0.25, 0.3) is 0 Å². The van der Waals surface area contributed by atoms with E-state index in [1.54, 1.807) is 25.0 Å². The number of aryl methyl sites for hydroxylation is 1. The number of imidazole rings is 1. The first-order chi connectivity index (χ1) is 13.8. The molecule has 8 heteroatoms. The molecule has 0 atom stereocenters. The zero-order chi connectivity index (χ0) is 19.2. The molecule has 4 rings (SSSR count). The van der Waals surface area contributed by atoms with Gasteiger partial charge >= 0.3 is 0 Å². The molecule has 3 aromatic heterocycles. The Kier molecular flexibility index (Phi) is 5.28. The van der Waals surface area contributed by atoms with Gasteiger partial charge in [0.15, 0.2) is 5.82 Å². The molecule has 0 aliphatic carbocycles. The Labute approximate surface area is 162 Å². The summed E-state index contributed by atoms with van der Waals surface area (Å²) < 4.78 is 9.68. The number of benzene rings is 1. The number of aromatic nitrogens is 6. The van der Waals surface area contributed by atoms with Crippen LogP contribution in [-0.4, -0.2) is 35.9 Å². The molecule has 1 N–H and O–H groups in total. The summed E-state index contributed by atoms with van der Waals surface area (Å²) in [6.07, 6.45) is 8.94. The van der Waals surface area contributed by atoms with E-state index in [1.807, 2.05) is 52.7 Å². The molecule has 0 spiro atoms. The SMILES string of the molecule is Cn1cnnc1-c1ccc(NCc2cccc(OCCn3ccnc3)c2)nc1. The third kappa shape index (κ3) is 4.35. The second-order valence-corrected chi connectivity index (χ2v) is 6.35. The molecule has 1 aromatic carbocycles. The largest absolute Gasteiger partial charge is 0.492 e. The first-order valence-corrected chi connectivity index (χ1v) is 9.00. The van der Waals surface area contributed by atoms with Crippen LogP contribution < -0.4 is 10.1 Å². The Morgan fingerprint density at radius 3 is 2.86 bits per heavy atom. The molecule has 0 fully saturated rings. The van der Waals surface area contributed by atoms with E-state index in [2.05, 4.69) is 31.5 Å². The second-order valence-electron chi connectivity index (χ2n) is 6.35. The summed E-state index contributed by atoms with van der Waals surface area (Å²) in [5.41, 5.74) is 2.05. The Bertz CT molecular complexity index is 1010. The monoisotopic (exact) mass is 375 g/mol. The molecule has 0 aliphatic rings. The average molecular weight is 375 g/mol. The van der Waals surface area contributed by atoms with Crippen molar-refractivity contribution in [2.45, 2.75) is 13.1 Å². The minimum atomic E-state index is 0.596. The van der Waals surface area contributed by atoms with Crippen molar-refractivity contribution in [3.63, 3.8) is 0 Å². The van der Waals surface area contributed by atoms with Crippen molar-refractivity contribution in [1.82, 2.24) is 29.3 Å². The minimum Gasteiger partial charge on any atom is -0.492 e. The van der Waals surface area contributed by atoms with Crippen LogP contribution in [0.25, 0.3) is 11.4 Å². The van der Waals surface area contributed by atoms with E-state index in [4.69, 9.17) is 4.74 Å². The minimum absolute atomic E-state index is 0.596. The molecule has 0 amide bonds. The molecular weight excluding hydrogens is 354 g/mol. The van der Waals surface area contributed by atoms with Gasteiger partial charge in [0.05, 0.1) is 12.9 Å². The second kappa shape index (κ2) is 8.34. The maximum atomic E-state index is 5.83. The molecule has 0 radical (unpaired) electrons. The highest BCUT2D eigenvalue weighted by molar-refractivity contribution is 5.56. The van der Waals surface area contributed by atoms with Crippen molar-refractivity contribution in [2.75, 3.05) is 11.9 Å². The smallest absolute Gasteiger partial charge is 0.165 e. The maximum absolute atomic E-state index is 5.83. The summed E-state index contributed by atoms with van der Waals surface area (Å²) in [6, 6.07) is 12.0. The molecule has 0 saturated heterocycles. The van der Waals surface area contributed by atoms with Gasteiger partial charge in [0, 0.05) is 37.7 Å². The summed E-state index contributed by atoms with van der Waals surface area (Å²) >= 11 is 0. The lowest BCUT2D eigenvalue weighted by molar-refractivity contribution is 0.298. The van der Waals surface area contributed by atoms with Crippen LogP contribution >= 0.6 is 0 Å². The normalized spacial score (nSPS) is 10.8. The van der Waals surface area contributed by atoms with Crippen LogP contribution in [0, 0.1) is 0 Å². The van der Waals surface area contributed by atoms with E-state index in [1.165, 1.54) is 0 Å². The van der Waals surface area contributed by atoms with Gasteiger partial charge in [-0.25, -0.2) is 9.97 Å². The zero-order valence-electron chi connectivity index (χ0n) is 15.6. The molecular formula is C20H21N7O. The zero-order valence-corrected chi connectivity index (χ0v) is 15.6. The predicted molar refractivity (Wildman–Crippen MR) is 106 cm³/mol. The number of ether oxygens (including phenoxy) is 1. The lowest BCUT2D eigenvalue weighted by Crippen LogP contribution is -2.07. The fourth-order valence-electron chi connectivity index (χ4n) is 2.80. The Morgan fingerprint density at radius 1 is 1.14 bits per heavy atom. The highest BCUT2D eigenvalue weighted by atomic mass is 16.5. The van der Waals surface area contributed by atoms with Crippen LogP contribution in [0.4, 0.5) is 5.82 Å². The first kappa shape index (κ1) is 17.7. The Balaban J connectivity index is 1.31. The Hall–Kier alpha value is -3.68. The number of rotatable bonds is 8. The van der Waals surface area contributed by atoms with Gasteiger partial charge in [0.2, 0.25) is 0 Å². The van der Waals surface area contributed by atoms with E-state index < -0.39 is 0 Å². The fraction of sp³-hybridized carbons (Fsp3) is 0.200. The van der Waals surface area contributed by atoms with E-state index in [0.29, 0.717) is 13.2 Å². The number of hydrogen-bond donors (Lipinski definition) is 1. The van der Waals surface area contributed by atoms with Crippen LogP contribution in [0.3, 0.4) is 0 Å². The predicted octanol–water partition coefficient (Wildman–Crippen LogP) is 2.76. The average Bonchev–Trinajstić information content (AvgIpc) is 3.39. The fourth-order valence-corrected chi connectivity index (χ4v) is 2.80. The first-order valence-electron chi connectivity index (χ1n) is 9.00. The quantitative estimate of drug-likeness (QED) is 0.510. The van der Waals surface area contributed by atoms with Crippen LogP contribution in [0.2, 0.25) is 0 Å². The van der Waals surface area contributed by atoms with Gasteiger partial charge in [-0.3, -0.25) is 0 Å². The molecule has 28 heavy (non-hydrogen) atoms. The lowest BCUT2D eigenvalue weighted by atomic mass is 10.2. The maximum Gasteiger partial charge on any atom is 0.165 e. The molecule has 142 valence electrons. The van der Waals surface area contributed by atoms with Crippen molar-refractivity contribution < 1.29 is 4.74 Å². The van der Waals surface area contributed by atoms with Crippen LogP contribution in [0.5, 0.6) is 5.75 Å². The van der Waals surface area contributed by atoms with Crippen LogP contribution in [-0.2, 0) is 20.1 Å². The number of nitrogens with one attached hydrogen (secondary N) is 1. The third-order valence-corrected chi connectivity index (χ3v) is 4.28. The van der Waals surface area contributed by atoms with Gasteiger partial charge in [0.1, 0.15) is 24.5 Å². The third-order valence-electron chi connectivity index (χ3n) is 4.28. The molecule has 0 aliphatic heterocycles. The standard InChI is InChI=1S/C20H21N7O/c1-26-15-24-25-20(26)17-5-6-19(23-13-17)22-12-16-3-2-4-18(11-16)28-10-9-27-8-7-21-14-27/h2-8,11,13-15H,9-10,12H2,1H3,(H,22,23). The Morgan fingerprint density at radius 2 is 2.11 bits per heavy atom. The van der Waals surface area contributed by atoms with Crippen molar-refractivity contribution >= 4 is 5.82 Å². The molecule has 0 saturated carbocycles. The molecule has 0 unspecified atom stereocenters. The van der Waals surface area contributed by atoms with E-state index in [9.17, 15) is 0 Å². The van der Waals surface area contributed by atoms with Crippen molar-refractivity contribution in [3.05, 3.63) is 73.2 Å². The summed E-state index contributed by atoms with van der Waals surface area (Å²) in [7, 11) is 1.91. The van der Waals surface area contributed by atoms with Crippen molar-refractivity contribution in [1.29, 1.82) is 0 Å². The molecule has 0 bridgehead atoms. The summed E-state index contributed by atoms with van der Waals surface area (Å²) in [6.45, 7) is 2.03. The summed E-state index contributed by atoms with van der Waals surface area (Å²) in [5, 5.41) is 11.3. The van der Waals surface area contributed by atoms with Gasteiger partial charge in [-0.2, -0.15) is 0 Å². The van der Waals surface area contributed by atoms with E-state index in [0.717, 1.165) is 35.1 Å². The van der Waals surface area contributed by atoms with Gasteiger partial charge < -0.3 is 19.2 Å². The number of hydrogen-bond acceptors (Lipinski definition) is 6. The van der Waals surface area contributed by atoms with Crippen LogP contribution in [0.15, 0.2) is 67.6 Å². The number of anilines is 1. The van der Waals surface area contributed by atoms with Gasteiger partial charge in [-0.1, -0.05) is 12.1 Å². The highest BCUT2D eigenvalue weighted by Gasteiger charge is 2.05. The van der Waals surface area contributed by atoms with Crippen LogP contribution in [0.1, 0.15) is 5.56 Å². The number of pyridine rings is 1. The number of nitrogens with zero attached hydrogens (tertiary/aromatic N) is 6. The lowest BCUT2D eigenvalue weighted by Gasteiger charge is -2.10. The summed E-state index contributed by atoms with van der Waals surface area (Å²) in [4.78, 5) is 8.48. The van der Waals surface area contributed by atoms with E-state index in [-0.39, 0.29) is 0 Å². The van der Waals surface area contributed by atoms with Gasteiger partial charge in [-0.15, -0.1) is 10.2 Å². The van der Waals surface area contributed by atoms with E-state index >= 15 is 0 Å². The topological polar surface area (TPSA) is 82.7 Å². The van der Waals surface area contributed by atoms with Crippen molar-refractivity contribution in [2.24, 2.45) is 7.05 Å². The molecule has 8 nitrogen and oxygen atoms in total.